The third kappa shape index (κ3) is 7.54. The van der Waals surface area contributed by atoms with Crippen molar-refractivity contribution in [3.8, 4) is 0 Å². The normalized spacial score (nSPS) is 23.5. The second kappa shape index (κ2) is 15.4. The van der Waals surface area contributed by atoms with E-state index in [1.54, 1.807) is 45.2 Å². The van der Waals surface area contributed by atoms with Crippen molar-refractivity contribution in [2.24, 2.45) is 13.0 Å². The monoisotopic (exact) mass is 800 g/mol. The fraction of sp³-hybridized carbons (Fsp3) is 0.476. The predicted molar refractivity (Wildman–Crippen MR) is 210 cm³/mol. The number of anilines is 1. The number of fused-ring (bicyclic) bond motifs is 2. The maximum atomic E-state index is 16.2. The molecule has 0 spiro atoms. The molecule has 5 aromatic rings. The first-order valence-corrected chi connectivity index (χ1v) is 19.9. The molecule has 306 valence electrons. The van der Waals surface area contributed by atoms with E-state index in [1.165, 1.54) is 21.3 Å². The quantitative estimate of drug-likeness (QED) is 0.153. The average Bonchev–Trinajstić information content (AvgIpc) is 3.72. The lowest BCUT2D eigenvalue weighted by Crippen LogP contribution is -2.44. The van der Waals surface area contributed by atoms with Crippen molar-refractivity contribution in [1.29, 1.82) is 0 Å². The molecule has 13 nitrogen and oxygen atoms in total. The van der Waals surface area contributed by atoms with Crippen molar-refractivity contribution < 1.29 is 32.7 Å². The Labute approximate surface area is 332 Å². The molecule has 0 bridgehead atoms. The van der Waals surface area contributed by atoms with Gasteiger partial charge in [0, 0.05) is 55.3 Å². The Hall–Kier alpha value is -5.35. The molecule has 3 N–H and O–H groups in total. The summed E-state index contributed by atoms with van der Waals surface area (Å²) in [6.07, 6.45) is 2.55. The van der Waals surface area contributed by atoms with Gasteiger partial charge in [-0.2, -0.15) is 5.10 Å². The van der Waals surface area contributed by atoms with Crippen LogP contribution in [-0.4, -0.2) is 77.4 Å². The summed E-state index contributed by atoms with van der Waals surface area (Å²) in [6.45, 7) is 4.97. The standard InChI is InChI=1S/C42H47F3N8O5/c1-42(2,58)28-19-32-24(18-33(28)47-39(55)31-8-5-7-30(46-31)38(44)45)21-52(49-32)25-12-10-23(11-13-25)20-51-17-16-26(29(43)22-51)27-6-4-9-34-37(27)50(3)41(57)53(34)35-14-15-36(54)48-40(35)56/h4-9,18-19,21,23,25-26,29,35,38,58H,10-17,20,22H2,1-3H3,(H,47,55)(H,48,54,56)/t23?,25?,26-,29-,35?/m1/s1. The number of benzene rings is 2. The summed E-state index contributed by atoms with van der Waals surface area (Å²) < 4.78 is 47.5. The first kappa shape index (κ1) is 39.5. The van der Waals surface area contributed by atoms with Crippen molar-refractivity contribution >= 4 is 45.3 Å². The molecule has 1 unspecified atom stereocenters. The SMILES string of the molecule is Cn1c(=O)n(C2CCC(=O)NC2=O)c2cccc([C@H]3CCN(CC4CCC(n5cc6cc(NC(=O)c7cccc(C(F)F)n7)c(C(C)(C)O)cc6n5)CC4)C[C@H]3F)c21. The number of imidazole rings is 1. The van der Waals surface area contributed by atoms with Crippen LogP contribution in [0.15, 0.2) is 59.5 Å². The number of carbonyl (C=O) groups excluding carboxylic acids is 3. The highest BCUT2D eigenvalue weighted by Crippen LogP contribution is 2.39. The maximum absolute atomic E-state index is 16.2. The molecule has 2 aliphatic heterocycles. The van der Waals surface area contributed by atoms with E-state index in [4.69, 9.17) is 5.10 Å². The van der Waals surface area contributed by atoms with Crippen LogP contribution in [0, 0.1) is 5.92 Å². The lowest BCUT2D eigenvalue weighted by molar-refractivity contribution is -0.135. The molecule has 2 aromatic carbocycles. The lowest BCUT2D eigenvalue weighted by atomic mass is 9.83. The highest BCUT2D eigenvalue weighted by Gasteiger charge is 2.36. The van der Waals surface area contributed by atoms with Crippen LogP contribution in [0.3, 0.4) is 0 Å². The number of aryl methyl sites for hydroxylation is 1. The predicted octanol–water partition coefficient (Wildman–Crippen LogP) is 6.04. The van der Waals surface area contributed by atoms with Crippen molar-refractivity contribution in [3.05, 3.63) is 87.7 Å². The number of aromatic nitrogens is 5. The van der Waals surface area contributed by atoms with Crippen LogP contribution in [0.1, 0.15) is 111 Å². The van der Waals surface area contributed by atoms with Gasteiger partial charge in [0.05, 0.1) is 28.2 Å². The van der Waals surface area contributed by atoms with E-state index in [2.05, 4.69) is 20.5 Å². The number of nitrogens with one attached hydrogen (secondary N) is 2. The highest BCUT2D eigenvalue weighted by atomic mass is 19.3. The van der Waals surface area contributed by atoms with Crippen molar-refractivity contribution in [1.82, 2.24) is 34.1 Å². The smallest absolute Gasteiger partial charge is 0.329 e. The van der Waals surface area contributed by atoms with Crippen LogP contribution in [-0.2, 0) is 22.2 Å². The Morgan fingerprint density at radius 1 is 1.03 bits per heavy atom. The van der Waals surface area contributed by atoms with Crippen LogP contribution < -0.4 is 16.3 Å². The zero-order chi connectivity index (χ0) is 41.0. The van der Waals surface area contributed by atoms with Gasteiger partial charge in [0.15, 0.2) is 0 Å². The number of carbonyl (C=O) groups is 3. The van der Waals surface area contributed by atoms with Gasteiger partial charge >= 0.3 is 5.69 Å². The van der Waals surface area contributed by atoms with Gasteiger partial charge in [-0.3, -0.25) is 33.5 Å². The fourth-order valence-corrected chi connectivity index (χ4v) is 9.21. The van der Waals surface area contributed by atoms with E-state index in [0.29, 0.717) is 46.7 Å². The zero-order valence-electron chi connectivity index (χ0n) is 32.6. The van der Waals surface area contributed by atoms with E-state index >= 15 is 4.39 Å². The number of imide groups is 1. The molecular formula is C42H47F3N8O5. The average molecular weight is 801 g/mol. The molecule has 8 rings (SSSR count). The van der Waals surface area contributed by atoms with E-state index in [9.17, 15) is 33.1 Å². The van der Waals surface area contributed by atoms with E-state index in [0.717, 1.165) is 49.2 Å². The van der Waals surface area contributed by atoms with Crippen molar-refractivity contribution in [2.75, 3.05) is 25.0 Å². The Kier molecular flexibility index (Phi) is 10.5. The zero-order valence-corrected chi connectivity index (χ0v) is 32.6. The number of aliphatic hydroxyl groups is 1. The summed E-state index contributed by atoms with van der Waals surface area (Å²) in [7, 11) is 1.65. The van der Waals surface area contributed by atoms with E-state index < -0.39 is 47.7 Å². The van der Waals surface area contributed by atoms with E-state index in [-0.39, 0.29) is 42.7 Å². The molecule has 3 atom stereocenters. The number of piperidine rings is 2. The Balaban J connectivity index is 0.911. The number of alkyl halides is 3. The summed E-state index contributed by atoms with van der Waals surface area (Å²) in [6, 6.07) is 12.1. The molecular weight excluding hydrogens is 754 g/mol. The Morgan fingerprint density at radius 2 is 1.79 bits per heavy atom. The molecule has 0 radical (unpaired) electrons. The minimum atomic E-state index is -2.82. The number of halogens is 3. The topological polar surface area (TPSA) is 156 Å². The van der Waals surface area contributed by atoms with Crippen LogP contribution in [0.5, 0.6) is 0 Å². The fourth-order valence-electron chi connectivity index (χ4n) is 9.21. The minimum Gasteiger partial charge on any atom is -0.386 e. The molecule has 3 amide bonds. The van der Waals surface area contributed by atoms with Crippen LogP contribution in [0.25, 0.3) is 21.9 Å². The number of likely N-dealkylation sites (tertiary alicyclic amines) is 1. The molecule has 1 saturated carbocycles. The summed E-state index contributed by atoms with van der Waals surface area (Å²) in [5.41, 5.74) is 0.962. The van der Waals surface area contributed by atoms with Gasteiger partial charge in [0.25, 0.3) is 12.3 Å². The largest absolute Gasteiger partial charge is 0.386 e. The molecule has 58 heavy (non-hydrogen) atoms. The number of nitrogens with zero attached hydrogens (tertiary/aromatic N) is 6. The van der Waals surface area contributed by atoms with Gasteiger partial charge in [-0.15, -0.1) is 0 Å². The lowest BCUT2D eigenvalue weighted by Gasteiger charge is -2.38. The molecule has 3 aromatic heterocycles. The first-order chi connectivity index (χ1) is 27.7. The summed E-state index contributed by atoms with van der Waals surface area (Å²) in [5, 5.41) is 21.7. The second-order valence-corrected chi connectivity index (χ2v) is 16.6. The van der Waals surface area contributed by atoms with Crippen LogP contribution in [0.4, 0.5) is 18.9 Å². The molecule has 1 aliphatic carbocycles. The summed E-state index contributed by atoms with van der Waals surface area (Å²) >= 11 is 0. The van der Waals surface area contributed by atoms with Crippen LogP contribution >= 0.6 is 0 Å². The summed E-state index contributed by atoms with van der Waals surface area (Å²) in [5.74, 6) is -1.56. The molecule has 2 saturated heterocycles. The number of para-hydroxylation sites is 1. The number of amides is 3. The van der Waals surface area contributed by atoms with E-state index in [1.807, 2.05) is 16.9 Å². The molecule has 3 fully saturated rings. The molecule has 5 heterocycles. The van der Waals surface area contributed by atoms with Crippen LogP contribution in [0.2, 0.25) is 0 Å². The Bertz CT molecular complexity index is 2460. The Morgan fingerprint density at radius 3 is 2.50 bits per heavy atom. The van der Waals surface area contributed by atoms with Gasteiger partial charge in [0.2, 0.25) is 11.8 Å². The minimum absolute atomic E-state index is 0.132. The third-order valence-corrected chi connectivity index (χ3v) is 12.2. The highest BCUT2D eigenvalue weighted by molar-refractivity contribution is 6.04. The number of hydrogen-bond acceptors (Lipinski definition) is 8. The third-order valence-electron chi connectivity index (χ3n) is 12.2. The van der Waals surface area contributed by atoms with Crippen molar-refractivity contribution in [3.63, 3.8) is 0 Å². The van der Waals surface area contributed by atoms with Gasteiger partial charge in [-0.1, -0.05) is 18.2 Å². The number of pyridine rings is 1. The van der Waals surface area contributed by atoms with Gasteiger partial charge < -0.3 is 15.3 Å². The van der Waals surface area contributed by atoms with Crippen molar-refractivity contribution in [2.45, 2.75) is 95.0 Å². The molecule has 16 heteroatoms. The number of hydrogen-bond donors (Lipinski definition) is 3. The second-order valence-electron chi connectivity index (χ2n) is 16.6. The van der Waals surface area contributed by atoms with Gasteiger partial charge in [-0.05, 0) is 101 Å². The molecule has 3 aliphatic rings. The first-order valence-electron chi connectivity index (χ1n) is 19.9. The van der Waals surface area contributed by atoms with Gasteiger partial charge in [-0.25, -0.2) is 22.9 Å². The van der Waals surface area contributed by atoms with Gasteiger partial charge in [0.1, 0.15) is 23.6 Å². The maximum Gasteiger partial charge on any atom is 0.329 e. The number of rotatable bonds is 9. The summed E-state index contributed by atoms with van der Waals surface area (Å²) in [4.78, 5) is 57.0.